The standard InChI is InChI=1S/C14H13F3O/c1-10(18)9-12(11-5-3-2-4-6-11)13(7-8-13)14(15,16)17/h2-6,9H,7-8H2,1H3/b12-9-. The van der Waals surface area contributed by atoms with E-state index in [4.69, 9.17) is 0 Å². The highest BCUT2D eigenvalue weighted by atomic mass is 19.4. The van der Waals surface area contributed by atoms with E-state index < -0.39 is 11.6 Å². The van der Waals surface area contributed by atoms with Crippen molar-refractivity contribution in [1.29, 1.82) is 0 Å². The maximum Gasteiger partial charge on any atom is 0.398 e. The number of hydrogen-bond acceptors (Lipinski definition) is 1. The van der Waals surface area contributed by atoms with Crippen molar-refractivity contribution >= 4 is 11.4 Å². The Kier molecular flexibility index (Phi) is 3.05. The molecule has 1 nitrogen and oxygen atoms in total. The SMILES string of the molecule is CC(=O)/C=C(/c1ccccc1)C1(C(F)(F)F)CC1. The van der Waals surface area contributed by atoms with Crippen LogP contribution in [0.3, 0.4) is 0 Å². The predicted octanol–water partition coefficient (Wildman–Crippen LogP) is 4.00. The molecule has 1 aliphatic carbocycles. The van der Waals surface area contributed by atoms with Gasteiger partial charge in [0.05, 0.1) is 5.41 Å². The lowest BCUT2D eigenvalue weighted by molar-refractivity contribution is -0.168. The number of benzene rings is 1. The summed E-state index contributed by atoms with van der Waals surface area (Å²) in [5.41, 5.74) is -1.24. The van der Waals surface area contributed by atoms with E-state index in [1.165, 1.54) is 6.92 Å². The molecule has 0 heterocycles. The predicted molar refractivity (Wildman–Crippen MR) is 62.8 cm³/mol. The van der Waals surface area contributed by atoms with Crippen molar-refractivity contribution in [3.05, 3.63) is 42.0 Å². The average Bonchev–Trinajstić information content (AvgIpc) is 3.07. The highest BCUT2D eigenvalue weighted by molar-refractivity contribution is 5.96. The zero-order chi connectivity index (χ0) is 13.4. The Hall–Kier alpha value is -1.58. The first-order valence-corrected chi connectivity index (χ1v) is 5.72. The second kappa shape index (κ2) is 4.26. The van der Waals surface area contributed by atoms with Crippen LogP contribution < -0.4 is 0 Å². The number of hydrogen-bond donors (Lipinski definition) is 0. The number of carbonyl (C=O) groups is 1. The molecule has 1 saturated carbocycles. The zero-order valence-corrected chi connectivity index (χ0v) is 9.92. The van der Waals surface area contributed by atoms with Crippen molar-refractivity contribution in [1.82, 2.24) is 0 Å². The third-order valence-electron chi connectivity index (χ3n) is 3.24. The van der Waals surface area contributed by atoms with Crippen molar-refractivity contribution < 1.29 is 18.0 Å². The van der Waals surface area contributed by atoms with Crippen molar-refractivity contribution in [2.75, 3.05) is 0 Å². The largest absolute Gasteiger partial charge is 0.398 e. The van der Waals surface area contributed by atoms with E-state index >= 15 is 0 Å². The molecule has 0 unspecified atom stereocenters. The first-order chi connectivity index (χ1) is 8.37. The van der Waals surface area contributed by atoms with Crippen molar-refractivity contribution in [2.45, 2.75) is 25.9 Å². The lowest BCUT2D eigenvalue weighted by Crippen LogP contribution is -2.26. The number of carbonyl (C=O) groups excluding carboxylic acids is 1. The minimum atomic E-state index is -4.30. The highest BCUT2D eigenvalue weighted by Crippen LogP contribution is 2.64. The molecular weight excluding hydrogens is 241 g/mol. The molecule has 0 N–H and O–H groups in total. The first kappa shape index (κ1) is 12.9. The Balaban J connectivity index is 2.50. The second-order valence-corrected chi connectivity index (χ2v) is 4.61. The summed E-state index contributed by atoms with van der Waals surface area (Å²) in [4.78, 5) is 11.2. The topological polar surface area (TPSA) is 17.1 Å². The maximum absolute atomic E-state index is 13.1. The van der Waals surface area contributed by atoms with Crippen LogP contribution in [0.5, 0.6) is 0 Å². The number of rotatable bonds is 3. The number of allylic oxidation sites excluding steroid dienone is 2. The fraction of sp³-hybridized carbons (Fsp3) is 0.357. The summed E-state index contributed by atoms with van der Waals surface area (Å²) in [7, 11) is 0. The summed E-state index contributed by atoms with van der Waals surface area (Å²) >= 11 is 0. The summed E-state index contributed by atoms with van der Waals surface area (Å²) < 4.78 is 39.4. The molecule has 4 heteroatoms. The zero-order valence-electron chi connectivity index (χ0n) is 9.92. The van der Waals surface area contributed by atoms with E-state index in [9.17, 15) is 18.0 Å². The van der Waals surface area contributed by atoms with Gasteiger partial charge in [-0.05, 0) is 37.0 Å². The molecule has 0 aromatic heterocycles. The van der Waals surface area contributed by atoms with Gasteiger partial charge in [0, 0.05) is 0 Å². The third-order valence-corrected chi connectivity index (χ3v) is 3.24. The van der Waals surface area contributed by atoms with E-state index in [0.29, 0.717) is 5.56 Å². The lowest BCUT2D eigenvalue weighted by Gasteiger charge is -2.22. The van der Waals surface area contributed by atoms with E-state index in [1.54, 1.807) is 30.3 Å². The summed E-state index contributed by atoms with van der Waals surface area (Å²) in [6.45, 7) is 1.27. The second-order valence-electron chi connectivity index (χ2n) is 4.61. The van der Waals surface area contributed by atoms with Gasteiger partial charge in [-0.3, -0.25) is 4.79 Å². The lowest BCUT2D eigenvalue weighted by atomic mass is 9.88. The molecule has 1 aliphatic rings. The smallest absolute Gasteiger partial charge is 0.295 e. The number of alkyl halides is 3. The molecule has 1 aromatic rings. The number of ketones is 1. The fourth-order valence-corrected chi connectivity index (χ4v) is 2.15. The van der Waals surface area contributed by atoms with Crippen molar-refractivity contribution in [3.63, 3.8) is 0 Å². The Morgan fingerprint density at radius 1 is 1.22 bits per heavy atom. The van der Waals surface area contributed by atoms with Gasteiger partial charge in [0.2, 0.25) is 0 Å². The van der Waals surface area contributed by atoms with E-state index in [1.807, 2.05) is 0 Å². The average molecular weight is 254 g/mol. The summed E-state index contributed by atoms with van der Waals surface area (Å²) in [5, 5.41) is 0. The molecule has 0 atom stereocenters. The molecule has 18 heavy (non-hydrogen) atoms. The van der Waals surface area contributed by atoms with Gasteiger partial charge in [-0.1, -0.05) is 30.3 Å². The number of halogens is 3. The van der Waals surface area contributed by atoms with Crippen molar-refractivity contribution in [2.24, 2.45) is 5.41 Å². The van der Waals surface area contributed by atoms with Gasteiger partial charge in [-0.25, -0.2) is 0 Å². The van der Waals surface area contributed by atoms with Gasteiger partial charge < -0.3 is 0 Å². The normalized spacial score (nSPS) is 18.6. The van der Waals surface area contributed by atoms with Crippen LogP contribution >= 0.6 is 0 Å². The van der Waals surface area contributed by atoms with E-state index in [0.717, 1.165) is 6.08 Å². The summed E-state index contributed by atoms with van der Waals surface area (Å²) in [6.07, 6.45) is -3.06. The van der Waals surface area contributed by atoms with Gasteiger partial charge in [-0.2, -0.15) is 13.2 Å². The van der Waals surface area contributed by atoms with Crippen LogP contribution in [0.15, 0.2) is 36.4 Å². The van der Waals surface area contributed by atoms with Gasteiger partial charge in [0.15, 0.2) is 5.78 Å². The molecule has 0 spiro atoms. The van der Waals surface area contributed by atoms with Crippen LogP contribution in [0.1, 0.15) is 25.3 Å². The van der Waals surface area contributed by atoms with Crippen LogP contribution in [-0.2, 0) is 4.79 Å². The molecule has 0 amide bonds. The minimum Gasteiger partial charge on any atom is -0.295 e. The molecule has 0 saturated heterocycles. The van der Waals surface area contributed by atoms with Crippen LogP contribution in [0.4, 0.5) is 13.2 Å². The molecule has 0 bridgehead atoms. The molecule has 2 rings (SSSR count). The van der Waals surface area contributed by atoms with Crippen LogP contribution in [0, 0.1) is 5.41 Å². The summed E-state index contributed by atoms with van der Waals surface area (Å²) in [6, 6.07) is 8.31. The molecule has 1 fully saturated rings. The van der Waals surface area contributed by atoms with Gasteiger partial charge in [0.25, 0.3) is 0 Å². The molecule has 96 valence electrons. The Morgan fingerprint density at radius 3 is 2.17 bits per heavy atom. The van der Waals surface area contributed by atoms with Crippen LogP contribution in [-0.4, -0.2) is 12.0 Å². The van der Waals surface area contributed by atoms with Gasteiger partial charge in [-0.15, -0.1) is 0 Å². The summed E-state index contributed by atoms with van der Waals surface area (Å²) in [5.74, 6) is -0.357. The first-order valence-electron chi connectivity index (χ1n) is 5.72. The molecule has 0 aliphatic heterocycles. The van der Waals surface area contributed by atoms with Crippen LogP contribution in [0.25, 0.3) is 5.57 Å². The highest BCUT2D eigenvalue weighted by Gasteiger charge is 2.65. The monoisotopic (exact) mass is 254 g/mol. The van der Waals surface area contributed by atoms with Gasteiger partial charge in [0.1, 0.15) is 0 Å². The fourth-order valence-electron chi connectivity index (χ4n) is 2.15. The maximum atomic E-state index is 13.1. The van der Waals surface area contributed by atoms with E-state index in [-0.39, 0.29) is 24.2 Å². The van der Waals surface area contributed by atoms with Crippen LogP contribution in [0.2, 0.25) is 0 Å². The minimum absolute atomic E-state index is 0.0600. The Labute approximate surface area is 103 Å². The Morgan fingerprint density at radius 2 is 1.78 bits per heavy atom. The quantitative estimate of drug-likeness (QED) is 0.745. The Bertz CT molecular complexity index is 482. The van der Waals surface area contributed by atoms with Crippen molar-refractivity contribution in [3.8, 4) is 0 Å². The third kappa shape index (κ3) is 2.19. The van der Waals surface area contributed by atoms with E-state index in [2.05, 4.69) is 0 Å². The van der Waals surface area contributed by atoms with Gasteiger partial charge >= 0.3 is 6.18 Å². The molecule has 1 aromatic carbocycles. The molecule has 0 radical (unpaired) electrons. The molecular formula is C14H13F3O.